The molecule has 1 aromatic rings. The molecule has 110 valence electrons. The molecule has 1 aliphatic heterocycles. The number of hydrogen-bond acceptors (Lipinski definition) is 2. The summed E-state index contributed by atoms with van der Waals surface area (Å²) in [5, 5.41) is 4.44. The summed E-state index contributed by atoms with van der Waals surface area (Å²) in [7, 11) is 0. The van der Waals surface area contributed by atoms with Crippen LogP contribution in [0, 0.1) is 5.92 Å². The highest BCUT2D eigenvalue weighted by molar-refractivity contribution is 6.30. The lowest BCUT2D eigenvalue weighted by molar-refractivity contribution is -0.155. The topological polar surface area (TPSA) is 21.3 Å². The van der Waals surface area contributed by atoms with E-state index in [0.29, 0.717) is 6.04 Å². The number of nitrogens with one attached hydrogen (secondary N) is 1. The summed E-state index contributed by atoms with van der Waals surface area (Å²) >= 11 is 6.13. The Morgan fingerprint density at radius 1 is 1.25 bits per heavy atom. The third-order valence-corrected chi connectivity index (χ3v) is 5.18. The van der Waals surface area contributed by atoms with E-state index in [-0.39, 0.29) is 11.7 Å². The van der Waals surface area contributed by atoms with Gasteiger partial charge in [-0.3, -0.25) is 0 Å². The molecule has 1 aromatic carbocycles. The fourth-order valence-electron chi connectivity index (χ4n) is 3.49. The highest BCUT2D eigenvalue weighted by atomic mass is 35.5. The molecule has 1 N–H and O–H groups in total. The van der Waals surface area contributed by atoms with Crippen molar-refractivity contribution in [1.82, 2.24) is 5.32 Å². The third kappa shape index (κ3) is 2.88. The molecule has 0 bridgehead atoms. The van der Waals surface area contributed by atoms with Crippen LogP contribution in [-0.2, 0) is 4.74 Å². The zero-order valence-electron chi connectivity index (χ0n) is 12.4. The fourth-order valence-corrected chi connectivity index (χ4v) is 3.69. The smallest absolute Gasteiger partial charge is 0.0983 e. The van der Waals surface area contributed by atoms with Crippen LogP contribution in [-0.4, -0.2) is 18.2 Å². The first kappa shape index (κ1) is 14.4. The quantitative estimate of drug-likeness (QED) is 0.832. The molecule has 0 aromatic heterocycles. The summed E-state index contributed by atoms with van der Waals surface area (Å²) in [6.45, 7) is 5.53. The van der Waals surface area contributed by atoms with Gasteiger partial charge in [0.05, 0.1) is 11.7 Å². The lowest BCUT2D eigenvalue weighted by Gasteiger charge is -2.48. The zero-order valence-corrected chi connectivity index (χ0v) is 13.1. The number of halogens is 1. The maximum absolute atomic E-state index is 6.60. The predicted octanol–water partition coefficient (Wildman–Crippen LogP) is 4.34. The summed E-state index contributed by atoms with van der Waals surface area (Å²) in [4.78, 5) is 0. The van der Waals surface area contributed by atoms with Crippen LogP contribution >= 0.6 is 11.6 Å². The van der Waals surface area contributed by atoms with Gasteiger partial charge in [0, 0.05) is 17.6 Å². The summed E-state index contributed by atoms with van der Waals surface area (Å²) < 4.78 is 6.60. The molecule has 0 amide bonds. The fraction of sp³-hybridized carbons (Fsp3) is 0.647. The van der Waals surface area contributed by atoms with E-state index in [4.69, 9.17) is 16.3 Å². The monoisotopic (exact) mass is 293 g/mol. The van der Waals surface area contributed by atoms with Crippen molar-refractivity contribution in [1.29, 1.82) is 0 Å². The first-order valence-electron chi connectivity index (χ1n) is 7.75. The maximum atomic E-state index is 6.60. The van der Waals surface area contributed by atoms with Crippen LogP contribution < -0.4 is 5.32 Å². The van der Waals surface area contributed by atoms with E-state index in [1.807, 2.05) is 18.2 Å². The van der Waals surface area contributed by atoms with Crippen LogP contribution in [0.25, 0.3) is 0 Å². The minimum absolute atomic E-state index is 0.0337. The summed E-state index contributed by atoms with van der Waals surface area (Å²) in [6, 6.07) is 8.43. The second kappa shape index (κ2) is 5.67. The molecule has 2 atom stereocenters. The highest BCUT2D eigenvalue weighted by Crippen LogP contribution is 2.41. The van der Waals surface area contributed by atoms with Crippen molar-refractivity contribution in [3.63, 3.8) is 0 Å². The van der Waals surface area contributed by atoms with Crippen LogP contribution in [0.15, 0.2) is 24.3 Å². The van der Waals surface area contributed by atoms with Gasteiger partial charge in [-0.2, -0.15) is 0 Å². The van der Waals surface area contributed by atoms with Crippen molar-refractivity contribution in [3.8, 4) is 0 Å². The molecule has 1 spiro atoms. The van der Waals surface area contributed by atoms with Crippen molar-refractivity contribution >= 4 is 11.6 Å². The van der Waals surface area contributed by atoms with Gasteiger partial charge in [-0.05, 0) is 56.2 Å². The summed E-state index contributed by atoms with van der Waals surface area (Å²) in [5.74, 6) is 0.841. The SMILES string of the molecule is CC1CCC2(CC1)CNC(C)C(c1cccc(Cl)c1)O2. The van der Waals surface area contributed by atoms with E-state index in [9.17, 15) is 0 Å². The Kier molecular flexibility index (Phi) is 4.07. The molecule has 1 saturated heterocycles. The van der Waals surface area contributed by atoms with Gasteiger partial charge >= 0.3 is 0 Å². The average molecular weight is 294 g/mol. The number of rotatable bonds is 1. The third-order valence-electron chi connectivity index (χ3n) is 4.94. The van der Waals surface area contributed by atoms with Gasteiger partial charge in [-0.15, -0.1) is 0 Å². The minimum atomic E-state index is 0.0337. The van der Waals surface area contributed by atoms with Gasteiger partial charge in [0.25, 0.3) is 0 Å². The van der Waals surface area contributed by atoms with E-state index >= 15 is 0 Å². The molecule has 2 aliphatic rings. The largest absolute Gasteiger partial charge is 0.364 e. The Labute approximate surface area is 126 Å². The van der Waals surface area contributed by atoms with Crippen molar-refractivity contribution in [2.45, 2.75) is 57.3 Å². The molecule has 2 unspecified atom stereocenters. The van der Waals surface area contributed by atoms with Gasteiger partial charge in [0.15, 0.2) is 0 Å². The molecule has 1 aliphatic carbocycles. The van der Waals surface area contributed by atoms with Gasteiger partial charge in [0.1, 0.15) is 0 Å². The summed E-state index contributed by atoms with van der Waals surface area (Å²) in [5.41, 5.74) is 1.22. The van der Waals surface area contributed by atoms with Crippen LogP contribution in [0.5, 0.6) is 0 Å². The predicted molar refractivity (Wildman–Crippen MR) is 83.1 cm³/mol. The average Bonchev–Trinajstić information content (AvgIpc) is 2.45. The Morgan fingerprint density at radius 3 is 2.70 bits per heavy atom. The van der Waals surface area contributed by atoms with Crippen LogP contribution in [0.1, 0.15) is 51.2 Å². The normalized spacial score (nSPS) is 38.0. The second-order valence-electron chi connectivity index (χ2n) is 6.63. The molecule has 3 heteroatoms. The maximum Gasteiger partial charge on any atom is 0.0983 e. The number of hydrogen-bond donors (Lipinski definition) is 1. The number of benzene rings is 1. The Morgan fingerprint density at radius 2 is 2.00 bits per heavy atom. The molecule has 1 heterocycles. The molecule has 20 heavy (non-hydrogen) atoms. The molecule has 3 rings (SSSR count). The molecule has 0 radical (unpaired) electrons. The molecule has 2 nitrogen and oxygen atoms in total. The van der Waals surface area contributed by atoms with E-state index in [1.54, 1.807) is 0 Å². The van der Waals surface area contributed by atoms with Crippen molar-refractivity contribution in [2.75, 3.05) is 6.54 Å². The Balaban J connectivity index is 1.80. The van der Waals surface area contributed by atoms with Gasteiger partial charge in [-0.25, -0.2) is 0 Å². The van der Waals surface area contributed by atoms with E-state index in [0.717, 1.165) is 17.5 Å². The standard InChI is InChI=1S/C17H24ClNO/c1-12-6-8-17(9-7-12)11-19-13(2)16(20-17)14-4-3-5-15(18)10-14/h3-5,10,12-13,16,19H,6-9,11H2,1-2H3. The lowest BCUT2D eigenvalue weighted by atomic mass is 9.78. The number of morpholine rings is 1. The van der Waals surface area contributed by atoms with Gasteiger partial charge < -0.3 is 10.1 Å². The van der Waals surface area contributed by atoms with Gasteiger partial charge in [-0.1, -0.05) is 30.7 Å². The van der Waals surface area contributed by atoms with Crippen LogP contribution in [0.4, 0.5) is 0 Å². The molecular weight excluding hydrogens is 270 g/mol. The molecule has 1 saturated carbocycles. The number of ether oxygens (including phenoxy) is 1. The van der Waals surface area contributed by atoms with Crippen LogP contribution in [0.2, 0.25) is 5.02 Å². The minimum Gasteiger partial charge on any atom is -0.364 e. The van der Waals surface area contributed by atoms with E-state index in [1.165, 1.54) is 31.2 Å². The first-order chi connectivity index (χ1) is 9.58. The molecule has 2 fully saturated rings. The second-order valence-corrected chi connectivity index (χ2v) is 7.07. The van der Waals surface area contributed by atoms with Crippen LogP contribution in [0.3, 0.4) is 0 Å². The summed E-state index contributed by atoms with van der Waals surface area (Å²) in [6.07, 6.45) is 5.00. The van der Waals surface area contributed by atoms with E-state index in [2.05, 4.69) is 25.2 Å². The van der Waals surface area contributed by atoms with E-state index < -0.39 is 0 Å². The Hall–Kier alpha value is -0.570. The van der Waals surface area contributed by atoms with Crippen molar-refractivity contribution in [3.05, 3.63) is 34.9 Å². The molecular formula is C17H24ClNO. The first-order valence-corrected chi connectivity index (χ1v) is 8.12. The zero-order chi connectivity index (χ0) is 14.2. The highest BCUT2D eigenvalue weighted by Gasteiger charge is 2.42. The van der Waals surface area contributed by atoms with Crippen molar-refractivity contribution in [2.24, 2.45) is 5.92 Å². The lowest BCUT2D eigenvalue weighted by Crippen LogP contribution is -2.56. The van der Waals surface area contributed by atoms with Crippen molar-refractivity contribution < 1.29 is 4.74 Å². The Bertz CT molecular complexity index is 462. The van der Waals surface area contributed by atoms with Gasteiger partial charge in [0.2, 0.25) is 0 Å².